The monoisotopic (exact) mass is 451 g/mol. The molecule has 4 rings (SSSR count). The number of para-hydroxylation sites is 1. The first-order valence-electron chi connectivity index (χ1n) is 11.3. The normalized spacial score (nSPS) is 19.2. The lowest BCUT2D eigenvalue weighted by Gasteiger charge is -2.27. The van der Waals surface area contributed by atoms with E-state index in [0.29, 0.717) is 35.8 Å². The molecule has 7 nitrogen and oxygen atoms in total. The summed E-state index contributed by atoms with van der Waals surface area (Å²) in [5.74, 6) is 0.177. The summed E-state index contributed by atoms with van der Waals surface area (Å²) in [5, 5.41) is 11.3. The number of hydrogen-bond acceptors (Lipinski definition) is 6. The number of likely N-dealkylation sites (tertiary alicyclic amines) is 1. The molecule has 2 aliphatic heterocycles. The fourth-order valence-electron chi connectivity index (χ4n) is 4.55. The van der Waals surface area contributed by atoms with Gasteiger partial charge in [-0.2, -0.15) is 0 Å². The van der Waals surface area contributed by atoms with Gasteiger partial charge in [0.15, 0.2) is 11.5 Å². The molecule has 1 amide bonds. The van der Waals surface area contributed by atoms with Crippen molar-refractivity contribution in [3.63, 3.8) is 0 Å². The standard InChI is InChI=1S/C26H29NO6/c1-4-5-13-27-22(18-9-6-10-20(31-2)25(18)32-3)21(24(29)26(27)30)23(28)17-11-12-19-16(15-17)8-7-14-33-19/h6,9-12,15,22,28H,4-5,7-8,13-14H2,1-3H3/b23-21+. The number of ether oxygens (including phenoxy) is 3. The average molecular weight is 452 g/mol. The number of carbonyl (C=O) groups excluding carboxylic acids is 2. The Kier molecular flexibility index (Phi) is 6.58. The van der Waals surface area contributed by atoms with Crippen molar-refractivity contribution in [3.8, 4) is 17.2 Å². The predicted octanol–water partition coefficient (Wildman–Crippen LogP) is 4.25. The highest BCUT2D eigenvalue weighted by Gasteiger charge is 2.47. The maximum Gasteiger partial charge on any atom is 0.295 e. The van der Waals surface area contributed by atoms with E-state index < -0.39 is 17.7 Å². The van der Waals surface area contributed by atoms with Gasteiger partial charge in [-0.15, -0.1) is 0 Å². The topological polar surface area (TPSA) is 85.3 Å². The van der Waals surface area contributed by atoms with Crippen molar-refractivity contribution in [2.24, 2.45) is 0 Å². The summed E-state index contributed by atoms with van der Waals surface area (Å²) in [6.45, 7) is 3.07. The van der Waals surface area contributed by atoms with Crippen molar-refractivity contribution in [2.45, 2.75) is 38.6 Å². The number of hydrogen-bond donors (Lipinski definition) is 1. The molecule has 7 heteroatoms. The molecule has 33 heavy (non-hydrogen) atoms. The van der Waals surface area contributed by atoms with E-state index in [1.54, 1.807) is 30.3 Å². The first-order chi connectivity index (χ1) is 16.0. The molecular formula is C26H29NO6. The van der Waals surface area contributed by atoms with E-state index in [-0.39, 0.29) is 11.3 Å². The van der Waals surface area contributed by atoms with Gasteiger partial charge < -0.3 is 24.2 Å². The van der Waals surface area contributed by atoms with Crippen LogP contribution < -0.4 is 14.2 Å². The van der Waals surface area contributed by atoms with Crippen LogP contribution in [0.3, 0.4) is 0 Å². The first kappa shape index (κ1) is 22.7. The van der Waals surface area contributed by atoms with Crippen LogP contribution in [0.25, 0.3) is 5.76 Å². The average Bonchev–Trinajstić information content (AvgIpc) is 3.10. The second-order valence-corrected chi connectivity index (χ2v) is 8.20. The minimum absolute atomic E-state index is 0.0549. The molecule has 2 heterocycles. The second-order valence-electron chi connectivity index (χ2n) is 8.20. The number of benzene rings is 2. The van der Waals surface area contributed by atoms with Crippen molar-refractivity contribution in [1.82, 2.24) is 4.90 Å². The molecule has 1 fully saturated rings. The van der Waals surface area contributed by atoms with Crippen LogP contribution in [0.5, 0.6) is 17.2 Å². The third-order valence-electron chi connectivity index (χ3n) is 6.20. The van der Waals surface area contributed by atoms with Crippen molar-refractivity contribution >= 4 is 17.4 Å². The van der Waals surface area contributed by atoms with Gasteiger partial charge in [-0.25, -0.2) is 0 Å². The molecule has 1 N–H and O–H groups in total. The summed E-state index contributed by atoms with van der Waals surface area (Å²) in [6, 6.07) is 9.91. The summed E-state index contributed by atoms with van der Waals surface area (Å²) in [5.41, 5.74) is 2.11. The largest absolute Gasteiger partial charge is 0.507 e. The van der Waals surface area contributed by atoms with Crippen molar-refractivity contribution < 1.29 is 28.9 Å². The van der Waals surface area contributed by atoms with Crippen LogP contribution in [-0.2, 0) is 16.0 Å². The summed E-state index contributed by atoms with van der Waals surface area (Å²) < 4.78 is 16.7. The number of aryl methyl sites for hydroxylation is 1. The molecule has 0 aliphatic carbocycles. The summed E-state index contributed by atoms with van der Waals surface area (Å²) in [4.78, 5) is 27.8. The number of amides is 1. The summed E-state index contributed by atoms with van der Waals surface area (Å²) in [7, 11) is 3.05. The van der Waals surface area contributed by atoms with E-state index in [0.717, 1.165) is 37.0 Å². The molecule has 2 aromatic carbocycles. The molecular weight excluding hydrogens is 422 g/mol. The summed E-state index contributed by atoms with van der Waals surface area (Å²) >= 11 is 0. The predicted molar refractivity (Wildman–Crippen MR) is 124 cm³/mol. The van der Waals surface area contributed by atoms with Gasteiger partial charge in [-0.1, -0.05) is 25.5 Å². The molecule has 1 atom stereocenters. The van der Waals surface area contributed by atoms with Gasteiger partial charge in [0.05, 0.1) is 32.4 Å². The minimum atomic E-state index is -0.783. The lowest BCUT2D eigenvalue weighted by atomic mass is 9.93. The fraction of sp³-hybridized carbons (Fsp3) is 0.385. The Morgan fingerprint density at radius 2 is 2.00 bits per heavy atom. The molecule has 0 saturated carbocycles. The maximum absolute atomic E-state index is 13.2. The van der Waals surface area contributed by atoms with Gasteiger partial charge in [-0.3, -0.25) is 9.59 Å². The Bertz CT molecular complexity index is 1110. The van der Waals surface area contributed by atoms with Gasteiger partial charge in [0.25, 0.3) is 11.7 Å². The number of carbonyl (C=O) groups is 2. The van der Waals surface area contributed by atoms with Crippen molar-refractivity contribution in [1.29, 1.82) is 0 Å². The van der Waals surface area contributed by atoms with Crippen molar-refractivity contribution in [3.05, 3.63) is 58.7 Å². The Morgan fingerprint density at radius 1 is 1.18 bits per heavy atom. The molecule has 0 aromatic heterocycles. The van der Waals surface area contributed by atoms with Crippen molar-refractivity contribution in [2.75, 3.05) is 27.4 Å². The highest BCUT2D eigenvalue weighted by atomic mass is 16.5. The number of nitrogens with zero attached hydrogens (tertiary/aromatic N) is 1. The molecule has 174 valence electrons. The van der Waals surface area contributed by atoms with Gasteiger partial charge >= 0.3 is 0 Å². The third kappa shape index (κ3) is 4.03. The van der Waals surface area contributed by atoms with E-state index in [1.807, 2.05) is 13.0 Å². The van der Waals surface area contributed by atoms with Crippen LogP contribution in [0.15, 0.2) is 42.0 Å². The zero-order valence-corrected chi connectivity index (χ0v) is 19.2. The van der Waals surface area contributed by atoms with E-state index in [1.165, 1.54) is 19.1 Å². The van der Waals surface area contributed by atoms with Gasteiger partial charge in [0.2, 0.25) is 0 Å². The highest BCUT2D eigenvalue weighted by Crippen LogP contribution is 2.45. The summed E-state index contributed by atoms with van der Waals surface area (Å²) in [6.07, 6.45) is 3.30. The van der Waals surface area contributed by atoms with Crippen LogP contribution in [0, 0.1) is 0 Å². The molecule has 1 unspecified atom stereocenters. The molecule has 0 spiro atoms. The molecule has 0 radical (unpaired) electrons. The van der Waals surface area contributed by atoms with Crippen LogP contribution >= 0.6 is 0 Å². The molecule has 0 bridgehead atoms. The Labute approximate surface area is 193 Å². The van der Waals surface area contributed by atoms with Crippen LogP contribution in [0.1, 0.15) is 48.9 Å². The Balaban J connectivity index is 1.90. The minimum Gasteiger partial charge on any atom is -0.507 e. The van der Waals surface area contributed by atoms with E-state index in [4.69, 9.17) is 14.2 Å². The molecule has 1 saturated heterocycles. The number of aliphatic hydroxyl groups is 1. The lowest BCUT2D eigenvalue weighted by Crippen LogP contribution is -2.30. The lowest BCUT2D eigenvalue weighted by molar-refractivity contribution is -0.139. The molecule has 2 aromatic rings. The Morgan fingerprint density at radius 3 is 2.73 bits per heavy atom. The van der Waals surface area contributed by atoms with Gasteiger partial charge in [0, 0.05) is 17.7 Å². The maximum atomic E-state index is 13.2. The number of aliphatic hydroxyl groups excluding tert-OH is 1. The Hall–Kier alpha value is -3.48. The number of fused-ring (bicyclic) bond motifs is 1. The van der Waals surface area contributed by atoms with E-state index in [9.17, 15) is 14.7 Å². The molecule has 2 aliphatic rings. The third-order valence-corrected chi connectivity index (χ3v) is 6.20. The quantitative estimate of drug-likeness (QED) is 0.385. The van der Waals surface area contributed by atoms with E-state index in [2.05, 4.69) is 0 Å². The van der Waals surface area contributed by atoms with Crippen LogP contribution in [-0.4, -0.2) is 49.1 Å². The number of Topliss-reactive ketones (excluding diaryl/α,β-unsaturated/α-hetero) is 1. The number of unbranched alkanes of at least 4 members (excludes halogenated alkanes) is 1. The zero-order chi connectivity index (χ0) is 23.5. The van der Waals surface area contributed by atoms with Gasteiger partial charge in [-0.05, 0) is 49.1 Å². The van der Waals surface area contributed by atoms with Crippen LogP contribution in [0.2, 0.25) is 0 Å². The van der Waals surface area contributed by atoms with Crippen LogP contribution in [0.4, 0.5) is 0 Å². The smallest absolute Gasteiger partial charge is 0.295 e. The van der Waals surface area contributed by atoms with Gasteiger partial charge in [0.1, 0.15) is 11.5 Å². The fourth-order valence-corrected chi connectivity index (χ4v) is 4.55. The number of rotatable bonds is 7. The zero-order valence-electron chi connectivity index (χ0n) is 19.2. The second kappa shape index (κ2) is 9.57. The number of methoxy groups -OCH3 is 2. The first-order valence-corrected chi connectivity index (χ1v) is 11.3. The highest BCUT2D eigenvalue weighted by molar-refractivity contribution is 6.46. The number of ketones is 1. The SMILES string of the molecule is CCCCN1C(=O)C(=O)/C(=C(/O)c2ccc3c(c2)CCCO3)C1c1cccc(OC)c1OC. The van der Waals surface area contributed by atoms with E-state index >= 15 is 0 Å².